The standard InChI is InChI=1S/C35H54ClN3O2/c1-4-5-6-7-8-9-10-11-15-24-34(40)38(29(2)3)28-35(41)39(31-20-13-12-14-21-31)27-32-22-18-25-37(32)26-30-19-16-17-23-33(30)36/h16-19,22-23,25,29,31H,4-15,20-21,24,26-28H2,1-3H3. The summed E-state index contributed by atoms with van der Waals surface area (Å²) in [6.07, 6.45) is 19.3. The monoisotopic (exact) mass is 583 g/mol. The predicted molar refractivity (Wildman–Crippen MR) is 171 cm³/mol. The van der Waals surface area contributed by atoms with E-state index in [0.717, 1.165) is 54.8 Å². The van der Waals surface area contributed by atoms with E-state index in [1.54, 1.807) is 0 Å². The largest absolute Gasteiger partial charge is 0.345 e. The highest BCUT2D eigenvalue weighted by Crippen LogP contribution is 2.26. The molecule has 0 radical (unpaired) electrons. The Hall–Kier alpha value is -2.27. The van der Waals surface area contributed by atoms with E-state index in [-0.39, 0.29) is 30.4 Å². The number of benzene rings is 1. The molecular formula is C35H54ClN3O2. The second-order valence-electron chi connectivity index (χ2n) is 12.2. The van der Waals surface area contributed by atoms with Crippen LogP contribution in [0.2, 0.25) is 5.02 Å². The van der Waals surface area contributed by atoms with E-state index < -0.39 is 0 Å². The molecule has 1 aromatic carbocycles. The van der Waals surface area contributed by atoms with Crippen molar-refractivity contribution < 1.29 is 9.59 Å². The minimum absolute atomic E-state index is 0.00213. The molecule has 1 saturated carbocycles. The Balaban J connectivity index is 1.60. The topological polar surface area (TPSA) is 45.6 Å². The lowest BCUT2D eigenvalue weighted by atomic mass is 9.94. The predicted octanol–water partition coefficient (Wildman–Crippen LogP) is 9.01. The first-order valence-electron chi connectivity index (χ1n) is 16.4. The second kappa shape index (κ2) is 18.3. The molecule has 0 atom stereocenters. The number of hydrogen-bond acceptors (Lipinski definition) is 2. The highest BCUT2D eigenvalue weighted by Gasteiger charge is 2.29. The molecule has 0 unspecified atom stereocenters. The lowest BCUT2D eigenvalue weighted by Crippen LogP contribution is -2.49. The molecule has 6 heteroatoms. The first kappa shape index (κ1) is 33.2. The van der Waals surface area contributed by atoms with Crippen LogP contribution in [0.3, 0.4) is 0 Å². The minimum Gasteiger partial charge on any atom is -0.345 e. The van der Waals surface area contributed by atoms with Gasteiger partial charge in [-0.2, -0.15) is 0 Å². The molecule has 1 heterocycles. The van der Waals surface area contributed by atoms with Crippen LogP contribution >= 0.6 is 11.6 Å². The van der Waals surface area contributed by atoms with Gasteiger partial charge in [-0.15, -0.1) is 0 Å². The van der Waals surface area contributed by atoms with Gasteiger partial charge in [0.15, 0.2) is 0 Å². The second-order valence-corrected chi connectivity index (χ2v) is 12.6. The van der Waals surface area contributed by atoms with Crippen molar-refractivity contribution in [1.82, 2.24) is 14.4 Å². The SMILES string of the molecule is CCCCCCCCCCCC(=O)N(CC(=O)N(Cc1cccn1Cc1ccccc1Cl)C1CCCCC1)C(C)C. The van der Waals surface area contributed by atoms with Crippen LogP contribution in [-0.4, -0.2) is 44.8 Å². The summed E-state index contributed by atoms with van der Waals surface area (Å²) in [5.41, 5.74) is 2.16. The van der Waals surface area contributed by atoms with Crippen molar-refractivity contribution in [2.45, 2.75) is 142 Å². The van der Waals surface area contributed by atoms with E-state index in [0.29, 0.717) is 19.5 Å². The molecule has 0 bridgehead atoms. The zero-order valence-corrected chi connectivity index (χ0v) is 26.7. The van der Waals surface area contributed by atoms with Crippen molar-refractivity contribution in [2.24, 2.45) is 0 Å². The summed E-state index contributed by atoms with van der Waals surface area (Å²) in [4.78, 5) is 31.1. The van der Waals surface area contributed by atoms with Gasteiger partial charge in [0, 0.05) is 42.0 Å². The average Bonchev–Trinajstić information content (AvgIpc) is 3.41. The van der Waals surface area contributed by atoms with Gasteiger partial charge < -0.3 is 14.4 Å². The van der Waals surface area contributed by atoms with Crippen LogP contribution in [0, 0.1) is 0 Å². The molecular weight excluding hydrogens is 530 g/mol. The van der Waals surface area contributed by atoms with Crippen LogP contribution in [0.5, 0.6) is 0 Å². The fraction of sp³-hybridized carbons (Fsp3) is 0.657. The van der Waals surface area contributed by atoms with Crippen molar-refractivity contribution >= 4 is 23.4 Å². The van der Waals surface area contributed by atoms with E-state index in [2.05, 4.69) is 34.7 Å². The molecule has 5 nitrogen and oxygen atoms in total. The van der Waals surface area contributed by atoms with Crippen LogP contribution in [0.25, 0.3) is 0 Å². The van der Waals surface area contributed by atoms with Crippen molar-refractivity contribution in [3.63, 3.8) is 0 Å². The Morgan fingerprint density at radius 3 is 2.20 bits per heavy atom. The van der Waals surface area contributed by atoms with Crippen LogP contribution in [-0.2, 0) is 22.7 Å². The first-order chi connectivity index (χ1) is 19.9. The van der Waals surface area contributed by atoms with Gasteiger partial charge in [-0.1, -0.05) is 107 Å². The van der Waals surface area contributed by atoms with Gasteiger partial charge in [-0.25, -0.2) is 0 Å². The van der Waals surface area contributed by atoms with E-state index in [1.165, 1.54) is 51.4 Å². The Labute approximate surface area is 254 Å². The molecule has 3 rings (SSSR count). The molecule has 1 aliphatic rings. The number of amides is 2. The van der Waals surface area contributed by atoms with E-state index in [1.807, 2.05) is 43.0 Å². The lowest BCUT2D eigenvalue weighted by molar-refractivity contribution is -0.144. The minimum atomic E-state index is 0.00213. The Morgan fingerprint density at radius 2 is 1.54 bits per heavy atom. The van der Waals surface area contributed by atoms with Gasteiger partial charge in [0.2, 0.25) is 11.8 Å². The highest BCUT2D eigenvalue weighted by atomic mass is 35.5. The summed E-state index contributed by atoms with van der Waals surface area (Å²) in [5, 5.41) is 0.755. The molecule has 228 valence electrons. The van der Waals surface area contributed by atoms with Crippen LogP contribution in [0.15, 0.2) is 42.6 Å². The number of halogens is 1. The molecule has 2 aromatic rings. The van der Waals surface area contributed by atoms with Crippen molar-refractivity contribution in [2.75, 3.05) is 6.54 Å². The smallest absolute Gasteiger partial charge is 0.242 e. The van der Waals surface area contributed by atoms with Gasteiger partial charge in [0.25, 0.3) is 0 Å². The molecule has 41 heavy (non-hydrogen) atoms. The third-order valence-corrected chi connectivity index (χ3v) is 9.00. The number of nitrogens with zero attached hydrogens (tertiary/aromatic N) is 3. The number of carbonyl (C=O) groups excluding carboxylic acids is 2. The molecule has 2 amide bonds. The molecule has 0 N–H and O–H groups in total. The number of carbonyl (C=O) groups is 2. The summed E-state index contributed by atoms with van der Waals surface area (Å²) < 4.78 is 2.19. The fourth-order valence-electron chi connectivity index (χ4n) is 6.07. The normalized spacial score (nSPS) is 14.0. The van der Waals surface area contributed by atoms with Crippen molar-refractivity contribution in [3.8, 4) is 0 Å². The van der Waals surface area contributed by atoms with E-state index >= 15 is 0 Å². The number of aromatic nitrogens is 1. The third kappa shape index (κ3) is 11.1. The maximum Gasteiger partial charge on any atom is 0.242 e. The van der Waals surface area contributed by atoms with Crippen LogP contribution < -0.4 is 0 Å². The van der Waals surface area contributed by atoms with Crippen LogP contribution in [0.4, 0.5) is 0 Å². The Morgan fingerprint density at radius 1 is 0.878 bits per heavy atom. The molecule has 1 aromatic heterocycles. The summed E-state index contributed by atoms with van der Waals surface area (Å²) >= 11 is 6.46. The average molecular weight is 584 g/mol. The Bertz CT molecular complexity index is 1040. The summed E-state index contributed by atoms with van der Waals surface area (Å²) in [6.45, 7) is 7.70. The van der Waals surface area contributed by atoms with Gasteiger partial charge in [-0.05, 0) is 56.9 Å². The fourth-order valence-corrected chi connectivity index (χ4v) is 6.27. The number of rotatable bonds is 18. The quantitative estimate of drug-likeness (QED) is 0.164. The number of hydrogen-bond donors (Lipinski definition) is 0. The van der Waals surface area contributed by atoms with E-state index in [4.69, 9.17) is 11.6 Å². The summed E-state index contributed by atoms with van der Waals surface area (Å²) in [6, 6.07) is 12.3. The van der Waals surface area contributed by atoms with Crippen molar-refractivity contribution in [3.05, 3.63) is 58.9 Å². The molecule has 0 spiro atoms. The maximum absolute atomic E-state index is 13.9. The Kier molecular flexibility index (Phi) is 14.8. The molecule has 0 saturated heterocycles. The van der Waals surface area contributed by atoms with Crippen LogP contribution in [0.1, 0.15) is 128 Å². The summed E-state index contributed by atoms with van der Waals surface area (Å²) in [5.74, 6) is 0.179. The van der Waals surface area contributed by atoms with E-state index in [9.17, 15) is 9.59 Å². The first-order valence-corrected chi connectivity index (χ1v) is 16.7. The van der Waals surface area contributed by atoms with Gasteiger partial charge >= 0.3 is 0 Å². The van der Waals surface area contributed by atoms with Gasteiger partial charge in [0.05, 0.1) is 13.1 Å². The number of unbranched alkanes of at least 4 members (excludes halogenated alkanes) is 8. The third-order valence-electron chi connectivity index (χ3n) is 8.63. The summed E-state index contributed by atoms with van der Waals surface area (Å²) in [7, 11) is 0. The molecule has 1 fully saturated rings. The zero-order chi connectivity index (χ0) is 29.5. The van der Waals surface area contributed by atoms with Crippen molar-refractivity contribution in [1.29, 1.82) is 0 Å². The lowest BCUT2D eigenvalue weighted by Gasteiger charge is -2.37. The molecule has 1 aliphatic carbocycles. The van der Waals surface area contributed by atoms with Gasteiger partial charge in [0.1, 0.15) is 0 Å². The van der Waals surface area contributed by atoms with Gasteiger partial charge in [-0.3, -0.25) is 9.59 Å². The maximum atomic E-state index is 13.9. The zero-order valence-electron chi connectivity index (χ0n) is 26.0. The molecule has 0 aliphatic heterocycles. The highest BCUT2D eigenvalue weighted by molar-refractivity contribution is 6.31.